The number of hydrogen-bond donors (Lipinski definition) is 1. The zero-order chi connectivity index (χ0) is 18.1. The third kappa shape index (κ3) is 3.22. The predicted octanol–water partition coefficient (Wildman–Crippen LogP) is 3.64. The van der Waals surface area contributed by atoms with Gasteiger partial charge in [-0.3, -0.25) is 14.7 Å². The van der Waals surface area contributed by atoms with Crippen molar-refractivity contribution in [3.63, 3.8) is 0 Å². The number of hydrogen-bond acceptors (Lipinski definition) is 5. The average Bonchev–Trinajstić information content (AvgIpc) is 2.96. The van der Waals surface area contributed by atoms with Crippen LogP contribution in [0.25, 0.3) is 6.08 Å². The summed E-state index contributed by atoms with van der Waals surface area (Å²) >= 11 is 0. The number of benzene rings is 1. The molecule has 4 rings (SSSR count). The average molecular weight is 350 g/mol. The van der Waals surface area contributed by atoms with Crippen LogP contribution in [0.4, 0.5) is 0 Å². The minimum Gasteiger partial charge on any atom is -0.507 e. The third-order valence-electron chi connectivity index (χ3n) is 5.16. The lowest BCUT2D eigenvalue weighted by molar-refractivity contribution is 0.101. The molecular formula is C21H22N2O3. The number of rotatable bonds is 3. The van der Waals surface area contributed by atoms with Gasteiger partial charge in [-0.05, 0) is 61.7 Å². The van der Waals surface area contributed by atoms with Crippen LogP contribution in [0, 0.1) is 5.92 Å². The molecule has 0 aliphatic carbocycles. The Bertz CT molecular complexity index is 853. The molecule has 0 saturated carbocycles. The van der Waals surface area contributed by atoms with E-state index in [0.29, 0.717) is 23.4 Å². The second-order valence-corrected chi connectivity index (χ2v) is 7.12. The van der Waals surface area contributed by atoms with Crippen LogP contribution in [-0.4, -0.2) is 33.9 Å². The minimum atomic E-state index is -0.155. The Morgan fingerprint density at radius 3 is 2.85 bits per heavy atom. The van der Waals surface area contributed by atoms with Crippen LogP contribution in [0.15, 0.2) is 42.4 Å². The van der Waals surface area contributed by atoms with Gasteiger partial charge in [-0.25, -0.2) is 0 Å². The van der Waals surface area contributed by atoms with E-state index in [2.05, 4.69) is 16.8 Å². The van der Waals surface area contributed by atoms with Crippen molar-refractivity contribution in [1.29, 1.82) is 0 Å². The summed E-state index contributed by atoms with van der Waals surface area (Å²) in [5, 5.41) is 10.4. The lowest BCUT2D eigenvalue weighted by Crippen LogP contribution is -2.32. The highest BCUT2D eigenvalue weighted by Crippen LogP contribution is 2.40. The van der Waals surface area contributed by atoms with E-state index < -0.39 is 0 Å². The number of allylic oxidation sites excluding steroid dienone is 1. The van der Waals surface area contributed by atoms with Gasteiger partial charge in [0.1, 0.15) is 11.5 Å². The number of fused-ring (bicyclic) bond motifs is 1. The fourth-order valence-corrected chi connectivity index (χ4v) is 3.51. The van der Waals surface area contributed by atoms with Crippen molar-refractivity contribution in [2.75, 3.05) is 13.1 Å². The number of aromatic nitrogens is 1. The van der Waals surface area contributed by atoms with Crippen LogP contribution in [-0.2, 0) is 6.54 Å². The molecule has 2 aliphatic heterocycles. The molecular weight excluding hydrogens is 328 g/mol. The van der Waals surface area contributed by atoms with Gasteiger partial charge in [0.05, 0.1) is 11.1 Å². The summed E-state index contributed by atoms with van der Waals surface area (Å²) in [6.45, 7) is 4.86. The molecule has 0 amide bonds. The van der Waals surface area contributed by atoms with Crippen molar-refractivity contribution in [3.8, 4) is 11.5 Å². The van der Waals surface area contributed by atoms with Crippen molar-refractivity contribution >= 4 is 11.9 Å². The smallest absolute Gasteiger partial charge is 0.231 e. The molecule has 2 aromatic rings. The Kier molecular flexibility index (Phi) is 4.47. The molecule has 0 atom stereocenters. The molecule has 0 radical (unpaired) electrons. The Labute approximate surface area is 152 Å². The largest absolute Gasteiger partial charge is 0.507 e. The van der Waals surface area contributed by atoms with Gasteiger partial charge in [0.15, 0.2) is 5.76 Å². The van der Waals surface area contributed by atoms with E-state index in [1.807, 2.05) is 12.1 Å². The number of Topliss-reactive ketones (excluding diaryl/α,β-unsaturated/α-hetero) is 1. The molecule has 0 unspecified atom stereocenters. The van der Waals surface area contributed by atoms with Gasteiger partial charge >= 0.3 is 0 Å². The zero-order valence-corrected chi connectivity index (χ0v) is 14.8. The quantitative estimate of drug-likeness (QED) is 0.857. The van der Waals surface area contributed by atoms with Gasteiger partial charge < -0.3 is 9.84 Å². The summed E-state index contributed by atoms with van der Waals surface area (Å²) in [6.07, 6.45) is 7.37. The molecule has 1 aromatic heterocycles. The summed E-state index contributed by atoms with van der Waals surface area (Å²) in [5.74, 6) is 1.53. The first-order chi connectivity index (χ1) is 12.6. The molecule has 1 saturated heterocycles. The van der Waals surface area contributed by atoms with Crippen LogP contribution in [0.2, 0.25) is 0 Å². The Morgan fingerprint density at radius 2 is 2.12 bits per heavy atom. The molecule has 1 aromatic carbocycles. The number of ether oxygens (including phenoxy) is 1. The van der Waals surface area contributed by atoms with E-state index >= 15 is 0 Å². The van der Waals surface area contributed by atoms with E-state index in [1.54, 1.807) is 30.6 Å². The minimum absolute atomic E-state index is 0.155. The van der Waals surface area contributed by atoms with Gasteiger partial charge in [0.2, 0.25) is 5.78 Å². The second-order valence-electron chi connectivity index (χ2n) is 7.12. The lowest BCUT2D eigenvalue weighted by Gasteiger charge is -2.30. The Morgan fingerprint density at radius 1 is 1.31 bits per heavy atom. The maximum absolute atomic E-state index is 12.7. The summed E-state index contributed by atoms with van der Waals surface area (Å²) in [7, 11) is 0. The van der Waals surface area contributed by atoms with E-state index in [4.69, 9.17) is 4.74 Å². The first-order valence-electron chi connectivity index (χ1n) is 9.03. The van der Waals surface area contributed by atoms with Gasteiger partial charge in [-0.15, -0.1) is 0 Å². The van der Waals surface area contributed by atoms with Crippen molar-refractivity contribution < 1.29 is 14.6 Å². The van der Waals surface area contributed by atoms with E-state index in [0.717, 1.165) is 37.4 Å². The number of phenols is 1. The van der Waals surface area contributed by atoms with Gasteiger partial charge in [-0.2, -0.15) is 0 Å². The van der Waals surface area contributed by atoms with Crippen molar-refractivity contribution in [1.82, 2.24) is 9.88 Å². The lowest BCUT2D eigenvalue weighted by atomic mass is 9.98. The normalized spacial score (nSPS) is 19.6. The molecule has 3 heterocycles. The number of piperidine rings is 1. The topological polar surface area (TPSA) is 62.7 Å². The van der Waals surface area contributed by atoms with Gasteiger partial charge in [-0.1, -0.05) is 13.0 Å². The molecule has 5 heteroatoms. The number of ketones is 1. The fourth-order valence-electron chi connectivity index (χ4n) is 3.51. The summed E-state index contributed by atoms with van der Waals surface area (Å²) < 4.78 is 5.89. The molecule has 0 spiro atoms. The van der Waals surface area contributed by atoms with E-state index in [1.165, 1.54) is 0 Å². The standard InChI is InChI=1S/C21H22N2O3/c1-14-6-9-23(10-7-14)13-17-18(24)5-4-16-20(25)19(26-21(16)17)11-15-3-2-8-22-12-15/h2-5,8,11-12,14,24H,6-7,9-10,13H2,1H3/b19-11+. The molecule has 1 N–H and O–H groups in total. The number of phenolic OH excluding ortho intramolecular Hbond substituents is 1. The number of likely N-dealkylation sites (tertiary alicyclic amines) is 1. The SMILES string of the molecule is CC1CCN(Cc2c(O)ccc3c2O/C(=C/c2cccnc2)C3=O)CC1. The van der Waals surface area contributed by atoms with Crippen LogP contribution in [0.1, 0.15) is 41.3 Å². The summed E-state index contributed by atoms with van der Waals surface area (Å²) in [4.78, 5) is 19.1. The monoisotopic (exact) mass is 350 g/mol. The first kappa shape index (κ1) is 16.8. The highest BCUT2D eigenvalue weighted by atomic mass is 16.5. The van der Waals surface area contributed by atoms with Crippen LogP contribution >= 0.6 is 0 Å². The Balaban J connectivity index is 1.62. The highest BCUT2D eigenvalue weighted by molar-refractivity contribution is 6.14. The number of aromatic hydroxyl groups is 1. The number of pyridine rings is 1. The van der Waals surface area contributed by atoms with E-state index in [9.17, 15) is 9.90 Å². The summed E-state index contributed by atoms with van der Waals surface area (Å²) in [5.41, 5.74) is 2.01. The van der Waals surface area contributed by atoms with Gasteiger partial charge in [0, 0.05) is 18.9 Å². The molecule has 5 nitrogen and oxygen atoms in total. The Hall–Kier alpha value is -2.66. The number of carbonyl (C=O) groups is 1. The van der Waals surface area contributed by atoms with Crippen LogP contribution < -0.4 is 4.74 Å². The van der Waals surface area contributed by atoms with E-state index in [-0.39, 0.29) is 17.3 Å². The highest BCUT2D eigenvalue weighted by Gasteiger charge is 2.32. The van der Waals surface area contributed by atoms with Crippen molar-refractivity contribution in [2.24, 2.45) is 5.92 Å². The number of nitrogens with zero attached hydrogens (tertiary/aromatic N) is 2. The van der Waals surface area contributed by atoms with Crippen LogP contribution in [0.3, 0.4) is 0 Å². The zero-order valence-electron chi connectivity index (χ0n) is 14.8. The van der Waals surface area contributed by atoms with Crippen molar-refractivity contribution in [3.05, 3.63) is 59.1 Å². The van der Waals surface area contributed by atoms with Crippen molar-refractivity contribution in [2.45, 2.75) is 26.3 Å². The molecule has 0 bridgehead atoms. The molecule has 134 valence electrons. The van der Waals surface area contributed by atoms with Crippen LogP contribution in [0.5, 0.6) is 11.5 Å². The third-order valence-corrected chi connectivity index (χ3v) is 5.16. The number of carbonyl (C=O) groups excluding carboxylic acids is 1. The second kappa shape index (κ2) is 6.92. The molecule has 2 aliphatic rings. The van der Waals surface area contributed by atoms with Gasteiger partial charge in [0.25, 0.3) is 0 Å². The molecule has 26 heavy (non-hydrogen) atoms. The summed E-state index contributed by atoms with van der Waals surface area (Å²) in [6, 6.07) is 6.91. The molecule has 1 fully saturated rings. The first-order valence-corrected chi connectivity index (χ1v) is 9.03. The maximum atomic E-state index is 12.7. The fraction of sp³-hybridized carbons (Fsp3) is 0.333. The predicted molar refractivity (Wildman–Crippen MR) is 99.0 cm³/mol. The maximum Gasteiger partial charge on any atom is 0.231 e.